The summed E-state index contributed by atoms with van der Waals surface area (Å²) in [5.41, 5.74) is 2.22. The number of benzene rings is 1. The third-order valence-corrected chi connectivity index (χ3v) is 6.77. The Morgan fingerprint density at radius 1 is 1.13 bits per heavy atom. The van der Waals surface area contributed by atoms with Crippen LogP contribution in [0.4, 0.5) is 5.82 Å². The number of rotatable bonds is 4. The predicted molar refractivity (Wildman–Crippen MR) is 119 cm³/mol. The third-order valence-electron chi connectivity index (χ3n) is 5.61. The molecule has 160 valence electrons. The lowest BCUT2D eigenvalue weighted by molar-refractivity contribution is 0.0986. The standard InChI is InChI=1S/C22H23N5O3S/c1-15-14-30-12-11-26(15)21-13-18(16-5-3-4-6-19(16)31(2,28)29)17-8-10-27(22(17)24-21)20-7-9-23-25-20/h3-10,13,15H,11-12,14H2,1-2H3,(H,23,25). The first kappa shape index (κ1) is 19.8. The summed E-state index contributed by atoms with van der Waals surface area (Å²) in [6.07, 6.45) is 4.91. The number of H-pyrrole nitrogens is 1. The molecule has 4 aromatic rings. The second kappa shape index (κ2) is 7.51. The molecule has 9 heteroatoms. The van der Waals surface area contributed by atoms with Gasteiger partial charge >= 0.3 is 0 Å². The lowest BCUT2D eigenvalue weighted by Gasteiger charge is -2.34. The van der Waals surface area contributed by atoms with Gasteiger partial charge in [-0.3, -0.25) is 9.67 Å². The number of hydrogen-bond donors (Lipinski definition) is 1. The molecule has 3 aromatic heterocycles. The monoisotopic (exact) mass is 437 g/mol. The van der Waals surface area contributed by atoms with Crippen molar-refractivity contribution in [3.63, 3.8) is 0 Å². The largest absolute Gasteiger partial charge is 0.377 e. The van der Waals surface area contributed by atoms with Gasteiger partial charge in [-0.15, -0.1) is 0 Å². The Hall–Kier alpha value is -3.17. The summed E-state index contributed by atoms with van der Waals surface area (Å²) in [6, 6.07) is 13.1. The van der Waals surface area contributed by atoms with Crippen molar-refractivity contribution in [3.05, 3.63) is 54.9 Å². The Bertz CT molecular complexity index is 1340. The summed E-state index contributed by atoms with van der Waals surface area (Å²) in [7, 11) is -3.41. The zero-order valence-electron chi connectivity index (χ0n) is 17.3. The molecule has 0 spiro atoms. The molecule has 1 aromatic carbocycles. The van der Waals surface area contributed by atoms with E-state index in [1.807, 2.05) is 41.1 Å². The van der Waals surface area contributed by atoms with Crippen molar-refractivity contribution in [2.75, 3.05) is 30.9 Å². The maximum Gasteiger partial charge on any atom is 0.176 e. The van der Waals surface area contributed by atoms with Crippen molar-refractivity contribution in [2.45, 2.75) is 17.9 Å². The minimum atomic E-state index is -3.41. The summed E-state index contributed by atoms with van der Waals surface area (Å²) >= 11 is 0. The lowest BCUT2D eigenvalue weighted by Crippen LogP contribution is -2.44. The molecule has 1 unspecified atom stereocenters. The number of hydrogen-bond acceptors (Lipinski definition) is 6. The maximum atomic E-state index is 12.5. The van der Waals surface area contributed by atoms with E-state index in [1.54, 1.807) is 18.3 Å². The van der Waals surface area contributed by atoms with Gasteiger partial charge in [-0.2, -0.15) is 5.10 Å². The minimum absolute atomic E-state index is 0.158. The van der Waals surface area contributed by atoms with Gasteiger partial charge in [-0.25, -0.2) is 13.4 Å². The van der Waals surface area contributed by atoms with Crippen LogP contribution in [0.1, 0.15) is 6.92 Å². The predicted octanol–water partition coefficient (Wildman–Crippen LogP) is 3.04. The van der Waals surface area contributed by atoms with Gasteiger partial charge in [0.2, 0.25) is 0 Å². The Balaban J connectivity index is 1.81. The number of pyridine rings is 1. The number of sulfone groups is 1. The summed E-state index contributed by atoms with van der Waals surface area (Å²) < 4.78 is 32.6. The van der Waals surface area contributed by atoms with Crippen molar-refractivity contribution in [2.24, 2.45) is 0 Å². The summed E-state index contributed by atoms with van der Waals surface area (Å²) in [5.74, 6) is 1.51. The Labute approximate surface area is 180 Å². The van der Waals surface area contributed by atoms with Gasteiger partial charge in [0.15, 0.2) is 15.7 Å². The van der Waals surface area contributed by atoms with Crippen LogP contribution in [0.3, 0.4) is 0 Å². The molecule has 4 heterocycles. The molecule has 0 radical (unpaired) electrons. The molecule has 31 heavy (non-hydrogen) atoms. The quantitative estimate of drug-likeness (QED) is 0.528. The number of anilines is 1. The first-order valence-electron chi connectivity index (χ1n) is 10.1. The van der Waals surface area contributed by atoms with Crippen LogP contribution in [-0.2, 0) is 14.6 Å². The minimum Gasteiger partial charge on any atom is -0.377 e. The molecule has 0 bridgehead atoms. The van der Waals surface area contributed by atoms with Crippen LogP contribution in [-0.4, -0.2) is 60.2 Å². The van der Waals surface area contributed by atoms with E-state index in [0.29, 0.717) is 23.7 Å². The van der Waals surface area contributed by atoms with E-state index in [9.17, 15) is 8.42 Å². The zero-order chi connectivity index (χ0) is 21.6. The van der Waals surface area contributed by atoms with Crippen molar-refractivity contribution < 1.29 is 13.2 Å². The Morgan fingerprint density at radius 2 is 1.97 bits per heavy atom. The van der Waals surface area contributed by atoms with Gasteiger partial charge in [-0.05, 0) is 30.7 Å². The van der Waals surface area contributed by atoms with Gasteiger partial charge < -0.3 is 9.64 Å². The highest BCUT2D eigenvalue weighted by atomic mass is 32.2. The van der Waals surface area contributed by atoms with E-state index in [-0.39, 0.29) is 6.04 Å². The van der Waals surface area contributed by atoms with E-state index in [1.165, 1.54) is 6.26 Å². The number of nitrogens with zero attached hydrogens (tertiary/aromatic N) is 4. The Kier molecular flexibility index (Phi) is 4.79. The first-order chi connectivity index (χ1) is 14.9. The van der Waals surface area contributed by atoms with Crippen LogP contribution in [0.15, 0.2) is 59.8 Å². The average molecular weight is 438 g/mol. The summed E-state index contributed by atoms with van der Waals surface area (Å²) in [6.45, 7) is 4.06. The SMILES string of the molecule is CC1COCCN1c1cc(-c2ccccc2S(C)(=O)=O)c2ccn(-c3cc[nH]n3)c2n1. The van der Waals surface area contributed by atoms with Crippen LogP contribution in [0.2, 0.25) is 0 Å². The molecule has 1 N–H and O–H groups in total. The molecule has 1 aliphatic heterocycles. The molecular formula is C22H23N5O3S. The van der Waals surface area contributed by atoms with Crippen molar-refractivity contribution in [1.82, 2.24) is 19.7 Å². The molecule has 1 aliphatic rings. The second-order valence-electron chi connectivity index (χ2n) is 7.77. The van der Waals surface area contributed by atoms with E-state index in [0.717, 1.165) is 34.8 Å². The maximum absolute atomic E-state index is 12.5. The van der Waals surface area contributed by atoms with Gasteiger partial charge in [-0.1, -0.05) is 18.2 Å². The lowest BCUT2D eigenvalue weighted by atomic mass is 10.0. The van der Waals surface area contributed by atoms with Crippen molar-refractivity contribution in [3.8, 4) is 16.9 Å². The molecule has 5 rings (SSSR count). The van der Waals surface area contributed by atoms with E-state index in [4.69, 9.17) is 9.72 Å². The normalized spacial score (nSPS) is 17.4. The van der Waals surface area contributed by atoms with Gasteiger partial charge in [0.1, 0.15) is 11.5 Å². The number of aromatic amines is 1. The molecule has 0 saturated carbocycles. The first-order valence-corrected chi connectivity index (χ1v) is 12.0. The van der Waals surface area contributed by atoms with Crippen molar-refractivity contribution in [1.29, 1.82) is 0 Å². The zero-order valence-corrected chi connectivity index (χ0v) is 18.1. The van der Waals surface area contributed by atoms with E-state index in [2.05, 4.69) is 22.0 Å². The topological polar surface area (TPSA) is 93.1 Å². The highest BCUT2D eigenvalue weighted by Crippen LogP contribution is 2.36. The van der Waals surface area contributed by atoms with Crippen LogP contribution < -0.4 is 4.90 Å². The van der Waals surface area contributed by atoms with Crippen LogP contribution >= 0.6 is 0 Å². The van der Waals surface area contributed by atoms with Crippen molar-refractivity contribution >= 4 is 26.7 Å². The Morgan fingerprint density at radius 3 is 2.71 bits per heavy atom. The highest BCUT2D eigenvalue weighted by molar-refractivity contribution is 7.90. The molecule has 0 amide bonds. The van der Waals surface area contributed by atoms with Gasteiger partial charge in [0, 0.05) is 42.2 Å². The van der Waals surface area contributed by atoms with Gasteiger partial charge in [0.25, 0.3) is 0 Å². The van der Waals surface area contributed by atoms with Crippen LogP contribution in [0.25, 0.3) is 28.0 Å². The summed E-state index contributed by atoms with van der Waals surface area (Å²) in [5, 5.41) is 8.00. The van der Waals surface area contributed by atoms with Crippen LogP contribution in [0, 0.1) is 0 Å². The number of nitrogens with one attached hydrogen (secondary N) is 1. The molecule has 0 aliphatic carbocycles. The fraction of sp³-hybridized carbons (Fsp3) is 0.273. The van der Waals surface area contributed by atoms with Gasteiger partial charge in [0.05, 0.1) is 24.2 Å². The fourth-order valence-electron chi connectivity index (χ4n) is 4.12. The third kappa shape index (κ3) is 3.49. The smallest absolute Gasteiger partial charge is 0.176 e. The number of aromatic nitrogens is 4. The number of fused-ring (bicyclic) bond motifs is 1. The van der Waals surface area contributed by atoms with E-state index < -0.39 is 9.84 Å². The molecule has 1 saturated heterocycles. The van der Waals surface area contributed by atoms with E-state index >= 15 is 0 Å². The molecule has 1 fully saturated rings. The fourth-order valence-corrected chi connectivity index (χ4v) is 5.02. The second-order valence-corrected chi connectivity index (χ2v) is 9.75. The molecular weight excluding hydrogens is 414 g/mol. The molecule has 8 nitrogen and oxygen atoms in total. The summed E-state index contributed by atoms with van der Waals surface area (Å²) in [4.78, 5) is 7.48. The highest BCUT2D eigenvalue weighted by Gasteiger charge is 2.24. The van der Waals surface area contributed by atoms with Crippen LogP contribution in [0.5, 0.6) is 0 Å². The average Bonchev–Trinajstić information content (AvgIpc) is 3.42. The molecule has 1 atom stereocenters. The number of ether oxygens (including phenoxy) is 1. The number of morpholine rings is 1.